The normalized spacial score (nSPS) is 17.7. The van der Waals surface area contributed by atoms with Gasteiger partial charge in [-0.05, 0) is 69.8 Å². The molecule has 2 aliphatic rings. The molecule has 1 aromatic heterocycles. The number of carbonyl (C=O) groups is 3. The number of thiophene rings is 1. The van der Waals surface area contributed by atoms with Crippen molar-refractivity contribution in [1.29, 1.82) is 0 Å². The van der Waals surface area contributed by atoms with Gasteiger partial charge in [-0.3, -0.25) is 19.8 Å². The maximum atomic E-state index is 12.9. The second-order valence-electron chi connectivity index (χ2n) is 12.1. The summed E-state index contributed by atoms with van der Waals surface area (Å²) in [6, 6.07) is 21.7. The Bertz CT molecular complexity index is 1430. The number of rotatable bonds is 12. The molecule has 0 spiro atoms. The van der Waals surface area contributed by atoms with Crippen molar-refractivity contribution in [1.82, 2.24) is 20.0 Å². The third-order valence-electron chi connectivity index (χ3n) is 8.97. The molecule has 1 atom stereocenters. The lowest BCUT2D eigenvalue weighted by molar-refractivity contribution is -0.137. The molecule has 2 aromatic carbocycles. The lowest BCUT2D eigenvalue weighted by atomic mass is 9.96. The van der Waals surface area contributed by atoms with E-state index in [-0.39, 0.29) is 23.8 Å². The molecule has 0 aliphatic carbocycles. The van der Waals surface area contributed by atoms with Crippen LogP contribution < -0.4 is 10.6 Å². The van der Waals surface area contributed by atoms with Crippen LogP contribution >= 0.6 is 11.3 Å². The molecule has 3 amide bonds. The summed E-state index contributed by atoms with van der Waals surface area (Å²) >= 11 is 1.53. The molecular weight excluding hydrogens is 598 g/mol. The molecule has 9 nitrogen and oxygen atoms in total. The summed E-state index contributed by atoms with van der Waals surface area (Å²) in [6.07, 6.45) is 2.93. The zero-order valence-electron chi connectivity index (χ0n) is 27.1. The Morgan fingerprint density at radius 2 is 1.63 bits per heavy atom. The number of nitrogens with one attached hydrogen (secondary N) is 2. The highest BCUT2D eigenvalue weighted by atomic mass is 32.1. The van der Waals surface area contributed by atoms with Gasteiger partial charge in [0.25, 0.3) is 5.91 Å². The van der Waals surface area contributed by atoms with Crippen molar-refractivity contribution in [3.8, 4) is 11.1 Å². The number of anilines is 1. The monoisotopic (exact) mass is 645 g/mol. The van der Waals surface area contributed by atoms with Gasteiger partial charge in [-0.15, -0.1) is 11.3 Å². The highest BCUT2D eigenvalue weighted by Crippen LogP contribution is 2.28. The average Bonchev–Trinajstić information content (AvgIpc) is 3.55. The summed E-state index contributed by atoms with van der Waals surface area (Å²) < 4.78 is 5.76. The minimum absolute atomic E-state index is 0.0462. The van der Waals surface area contributed by atoms with Gasteiger partial charge in [0.1, 0.15) is 6.10 Å². The fourth-order valence-corrected chi connectivity index (χ4v) is 7.38. The van der Waals surface area contributed by atoms with Gasteiger partial charge in [0.05, 0.1) is 16.5 Å². The second-order valence-corrected chi connectivity index (χ2v) is 13.3. The first-order chi connectivity index (χ1) is 22.4. The van der Waals surface area contributed by atoms with Gasteiger partial charge < -0.3 is 19.9 Å². The van der Waals surface area contributed by atoms with Crippen molar-refractivity contribution < 1.29 is 19.1 Å². The first-order valence-electron chi connectivity index (χ1n) is 16.7. The molecule has 2 fully saturated rings. The summed E-state index contributed by atoms with van der Waals surface area (Å²) in [5.41, 5.74) is 2.72. The van der Waals surface area contributed by atoms with Crippen LogP contribution in [0, 0.1) is 5.92 Å². The van der Waals surface area contributed by atoms with Gasteiger partial charge in [0.15, 0.2) is 0 Å². The van der Waals surface area contributed by atoms with E-state index in [1.54, 1.807) is 0 Å². The van der Waals surface area contributed by atoms with Crippen molar-refractivity contribution in [2.75, 3.05) is 57.7 Å². The predicted molar refractivity (Wildman–Crippen MR) is 184 cm³/mol. The van der Waals surface area contributed by atoms with E-state index in [2.05, 4.69) is 20.4 Å². The molecule has 3 heterocycles. The second kappa shape index (κ2) is 16.7. The smallest absolute Gasteiger partial charge is 0.411 e. The largest absolute Gasteiger partial charge is 0.446 e. The number of hydrogen-bond acceptors (Lipinski definition) is 7. The standard InChI is InChI=1S/C36H47N5O4S/c1-3-41(4-2)35(43)28-13-10-21-40(25-28)26-30-16-17-33(46-30)34(42)37-20-24-39-22-18-29(19-23-39)45-36(44)38-32-15-9-8-14-31(32)27-11-6-5-7-12-27/h5-9,11-12,14-17,28-29H,3-4,10,13,18-26H2,1-2H3,(H,37,42)(H,38,44). The highest BCUT2D eigenvalue weighted by Gasteiger charge is 2.29. The summed E-state index contributed by atoms with van der Waals surface area (Å²) in [4.78, 5) is 46.9. The summed E-state index contributed by atoms with van der Waals surface area (Å²) in [5.74, 6) is 0.284. The molecule has 0 radical (unpaired) electrons. The minimum Gasteiger partial charge on any atom is -0.446 e. The predicted octanol–water partition coefficient (Wildman–Crippen LogP) is 5.94. The van der Waals surface area contributed by atoms with Gasteiger partial charge in [-0.2, -0.15) is 0 Å². The minimum atomic E-state index is -0.433. The van der Waals surface area contributed by atoms with E-state index in [1.165, 1.54) is 11.3 Å². The zero-order chi connectivity index (χ0) is 32.3. The Morgan fingerprint density at radius 3 is 2.39 bits per heavy atom. The van der Waals surface area contributed by atoms with Crippen LogP contribution in [0.2, 0.25) is 0 Å². The number of piperidine rings is 2. The van der Waals surface area contributed by atoms with E-state index in [0.717, 1.165) is 105 Å². The Balaban J connectivity index is 0.997. The molecule has 5 rings (SSSR count). The third-order valence-corrected chi connectivity index (χ3v) is 10.0. The number of carbonyl (C=O) groups excluding carboxylic acids is 3. The van der Waals surface area contributed by atoms with Crippen LogP contribution in [0.5, 0.6) is 0 Å². The third kappa shape index (κ3) is 9.18. The van der Waals surface area contributed by atoms with Crippen molar-refractivity contribution in [2.45, 2.75) is 52.2 Å². The van der Waals surface area contributed by atoms with Crippen LogP contribution in [-0.2, 0) is 16.1 Å². The van der Waals surface area contributed by atoms with Crippen molar-refractivity contribution in [3.05, 3.63) is 76.5 Å². The van der Waals surface area contributed by atoms with Crippen molar-refractivity contribution >= 4 is 34.9 Å². The van der Waals surface area contributed by atoms with E-state index >= 15 is 0 Å². The van der Waals surface area contributed by atoms with E-state index in [1.807, 2.05) is 85.5 Å². The molecule has 46 heavy (non-hydrogen) atoms. The number of nitrogens with zero attached hydrogens (tertiary/aromatic N) is 3. The number of amides is 3. The first-order valence-corrected chi connectivity index (χ1v) is 17.5. The zero-order valence-corrected chi connectivity index (χ0v) is 27.9. The molecule has 2 aliphatic heterocycles. The Hall–Kier alpha value is -3.73. The molecule has 10 heteroatoms. The number of likely N-dealkylation sites (tertiary alicyclic amines) is 2. The summed E-state index contributed by atoms with van der Waals surface area (Å²) in [7, 11) is 0. The van der Waals surface area contributed by atoms with Gasteiger partial charge in [-0.1, -0.05) is 48.5 Å². The first kappa shape index (κ1) is 33.6. The highest BCUT2D eigenvalue weighted by molar-refractivity contribution is 7.14. The fraction of sp³-hybridized carbons (Fsp3) is 0.472. The van der Waals surface area contributed by atoms with E-state index < -0.39 is 6.09 Å². The number of benzene rings is 2. The van der Waals surface area contributed by atoms with Crippen LogP contribution in [0.3, 0.4) is 0 Å². The molecule has 2 saturated heterocycles. The van der Waals surface area contributed by atoms with Gasteiger partial charge in [-0.25, -0.2) is 4.79 Å². The number of para-hydroxylation sites is 1. The Labute approximate surface area is 276 Å². The number of hydrogen-bond donors (Lipinski definition) is 2. The lowest BCUT2D eigenvalue weighted by Gasteiger charge is -2.34. The number of ether oxygens (including phenoxy) is 1. The van der Waals surface area contributed by atoms with Crippen LogP contribution in [0.25, 0.3) is 11.1 Å². The van der Waals surface area contributed by atoms with Gasteiger partial charge in [0, 0.05) is 62.8 Å². The Kier molecular flexibility index (Phi) is 12.2. The van der Waals surface area contributed by atoms with E-state index in [9.17, 15) is 14.4 Å². The lowest BCUT2D eigenvalue weighted by Crippen LogP contribution is -2.44. The van der Waals surface area contributed by atoms with Crippen LogP contribution in [0.4, 0.5) is 10.5 Å². The van der Waals surface area contributed by atoms with E-state index in [4.69, 9.17) is 4.74 Å². The van der Waals surface area contributed by atoms with Crippen molar-refractivity contribution in [3.63, 3.8) is 0 Å². The molecule has 0 bridgehead atoms. The molecule has 246 valence electrons. The quantitative estimate of drug-likeness (QED) is 0.253. The summed E-state index contributed by atoms with van der Waals surface area (Å²) in [5, 5.41) is 6.00. The maximum absolute atomic E-state index is 12.9. The fourth-order valence-electron chi connectivity index (χ4n) is 6.42. The van der Waals surface area contributed by atoms with E-state index in [0.29, 0.717) is 6.54 Å². The maximum Gasteiger partial charge on any atom is 0.411 e. The van der Waals surface area contributed by atoms with Crippen LogP contribution in [0.1, 0.15) is 54.1 Å². The van der Waals surface area contributed by atoms with Gasteiger partial charge >= 0.3 is 6.09 Å². The van der Waals surface area contributed by atoms with Crippen molar-refractivity contribution in [2.24, 2.45) is 5.92 Å². The molecule has 3 aromatic rings. The molecule has 1 unspecified atom stereocenters. The Morgan fingerprint density at radius 1 is 0.891 bits per heavy atom. The van der Waals surface area contributed by atoms with Crippen LogP contribution in [-0.4, -0.2) is 91.1 Å². The SMILES string of the molecule is CCN(CC)C(=O)C1CCCN(Cc2ccc(C(=O)NCCN3CCC(OC(=O)Nc4ccccc4-c4ccccc4)CC3)s2)C1. The topological polar surface area (TPSA) is 94.2 Å². The van der Waals surface area contributed by atoms with Gasteiger partial charge in [0.2, 0.25) is 5.91 Å². The molecule has 0 saturated carbocycles. The van der Waals surface area contributed by atoms with Crippen LogP contribution in [0.15, 0.2) is 66.7 Å². The molecular formula is C36H47N5O4S. The average molecular weight is 646 g/mol. The molecule has 2 N–H and O–H groups in total. The summed E-state index contributed by atoms with van der Waals surface area (Å²) in [6.45, 7) is 11.1.